The van der Waals surface area contributed by atoms with E-state index in [1.807, 2.05) is 19.1 Å². The Morgan fingerprint density at radius 1 is 0.969 bits per heavy atom. The number of nitrogens with one attached hydrogen (secondary N) is 1. The van der Waals surface area contributed by atoms with E-state index in [0.717, 1.165) is 44.9 Å². The third-order valence-electron chi connectivity index (χ3n) is 5.56. The maximum atomic E-state index is 13.0. The minimum Gasteiger partial charge on any atom is -0.325 e. The van der Waals surface area contributed by atoms with Crippen molar-refractivity contribution in [1.82, 2.24) is 9.97 Å². The molecule has 1 amide bonds. The Kier molecular flexibility index (Phi) is 7.22. The van der Waals surface area contributed by atoms with Crippen molar-refractivity contribution >= 4 is 44.9 Å². The summed E-state index contributed by atoms with van der Waals surface area (Å²) in [7, 11) is 0. The molecule has 32 heavy (non-hydrogen) atoms. The zero-order valence-corrected chi connectivity index (χ0v) is 20.2. The maximum Gasteiger partial charge on any atom is 0.237 e. The fourth-order valence-corrected chi connectivity index (χ4v) is 5.59. The van der Waals surface area contributed by atoms with Gasteiger partial charge in [0.25, 0.3) is 0 Å². The molecule has 0 aliphatic rings. The van der Waals surface area contributed by atoms with Crippen LogP contribution < -0.4 is 5.32 Å². The zero-order chi connectivity index (χ0) is 22.5. The summed E-state index contributed by atoms with van der Waals surface area (Å²) in [6.07, 6.45) is 4.30. The summed E-state index contributed by atoms with van der Waals surface area (Å²) in [6.45, 7) is 6.32. The number of benzene rings is 2. The van der Waals surface area contributed by atoms with Crippen molar-refractivity contribution in [3.8, 4) is 11.1 Å². The quantitative estimate of drug-likeness (QED) is 0.227. The van der Waals surface area contributed by atoms with E-state index in [1.165, 1.54) is 22.9 Å². The number of carbonyl (C=O) groups is 1. The van der Waals surface area contributed by atoms with Crippen molar-refractivity contribution in [2.24, 2.45) is 0 Å². The van der Waals surface area contributed by atoms with Crippen molar-refractivity contribution in [2.45, 2.75) is 50.3 Å². The van der Waals surface area contributed by atoms with E-state index in [0.29, 0.717) is 6.42 Å². The molecule has 6 heteroatoms. The molecule has 0 aliphatic carbocycles. The van der Waals surface area contributed by atoms with Crippen LogP contribution in [0.2, 0.25) is 0 Å². The fraction of sp³-hybridized carbons (Fsp3) is 0.269. The van der Waals surface area contributed by atoms with Crippen molar-refractivity contribution in [3.05, 3.63) is 71.4 Å². The molecule has 0 spiro atoms. The first-order valence-electron chi connectivity index (χ1n) is 11.0. The number of hydrogen-bond acceptors (Lipinski definition) is 5. The number of thioether (sulfide) groups is 1. The molecule has 0 saturated carbocycles. The van der Waals surface area contributed by atoms with Crippen molar-refractivity contribution in [3.63, 3.8) is 0 Å². The summed E-state index contributed by atoms with van der Waals surface area (Å²) in [5.74, 6) is -0.00223. The van der Waals surface area contributed by atoms with Crippen LogP contribution in [0.5, 0.6) is 0 Å². The predicted molar refractivity (Wildman–Crippen MR) is 137 cm³/mol. The highest BCUT2D eigenvalue weighted by atomic mass is 32.2. The molecule has 1 unspecified atom stereocenters. The SMILES string of the molecule is CCc1ccc(NC(=O)C(CC)Sc2ncnc3scc(-c4ccc(CC)cc4)c23)cc1. The van der Waals surface area contributed by atoms with Gasteiger partial charge in [0.2, 0.25) is 5.91 Å². The summed E-state index contributed by atoms with van der Waals surface area (Å²) in [5, 5.41) is 6.85. The lowest BCUT2D eigenvalue weighted by Gasteiger charge is -2.15. The van der Waals surface area contributed by atoms with Gasteiger partial charge in [-0.15, -0.1) is 11.3 Å². The number of aryl methyl sites for hydroxylation is 2. The zero-order valence-electron chi connectivity index (χ0n) is 18.6. The molecule has 2 aromatic carbocycles. The Morgan fingerprint density at radius 3 is 2.25 bits per heavy atom. The number of thiophene rings is 1. The van der Waals surface area contributed by atoms with E-state index < -0.39 is 0 Å². The number of carbonyl (C=O) groups excluding carboxylic acids is 1. The molecular formula is C26H27N3OS2. The van der Waals surface area contributed by atoms with Gasteiger partial charge in [0.05, 0.1) is 10.6 Å². The van der Waals surface area contributed by atoms with Crippen LogP contribution in [0.3, 0.4) is 0 Å². The monoisotopic (exact) mass is 461 g/mol. The normalized spacial score (nSPS) is 12.1. The highest BCUT2D eigenvalue weighted by molar-refractivity contribution is 8.00. The van der Waals surface area contributed by atoms with E-state index >= 15 is 0 Å². The molecule has 0 radical (unpaired) electrons. The van der Waals surface area contributed by atoms with Crippen LogP contribution in [0.4, 0.5) is 5.69 Å². The summed E-state index contributed by atoms with van der Waals surface area (Å²) in [4.78, 5) is 23.0. The Bertz CT molecular complexity index is 1200. The number of amides is 1. The largest absolute Gasteiger partial charge is 0.325 e. The van der Waals surface area contributed by atoms with Crippen LogP contribution >= 0.6 is 23.1 Å². The van der Waals surface area contributed by atoms with Crippen molar-refractivity contribution in [2.75, 3.05) is 5.32 Å². The molecule has 0 saturated heterocycles. The molecule has 4 nitrogen and oxygen atoms in total. The predicted octanol–water partition coefficient (Wildman–Crippen LogP) is 6.99. The topological polar surface area (TPSA) is 54.9 Å². The van der Waals surface area contributed by atoms with Gasteiger partial charge in [0, 0.05) is 16.6 Å². The van der Waals surface area contributed by atoms with E-state index in [2.05, 4.69) is 70.9 Å². The first-order valence-corrected chi connectivity index (χ1v) is 12.8. The smallest absolute Gasteiger partial charge is 0.237 e. The highest BCUT2D eigenvalue weighted by Crippen LogP contribution is 2.39. The number of fused-ring (bicyclic) bond motifs is 1. The number of aromatic nitrogens is 2. The molecule has 1 N–H and O–H groups in total. The third kappa shape index (κ3) is 4.87. The van der Waals surface area contributed by atoms with Crippen LogP contribution in [0.25, 0.3) is 21.3 Å². The lowest BCUT2D eigenvalue weighted by Crippen LogP contribution is -2.24. The summed E-state index contributed by atoms with van der Waals surface area (Å²) >= 11 is 3.13. The van der Waals surface area contributed by atoms with E-state index in [4.69, 9.17) is 0 Å². The number of hydrogen-bond donors (Lipinski definition) is 1. The first kappa shape index (κ1) is 22.5. The molecule has 0 bridgehead atoms. The minimum absolute atomic E-state index is 0.00223. The van der Waals surface area contributed by atoms with Crippen LogP contribution in [-0.2, 0) is 17.6 Å². The van der Waals surface area contributed by atoms with E-state index in [-0.39, 0.29) is 11.2 Å². The van der Waals surface area contributed by atoms with Gasteiger partial charge in [-0.1, -0.05) is 68.9 Å². The first-order chi connectivity index (χ1) is 15.6. The average molecular weight is 462 g/mol. The summed E-state index contributed by atoms with van der Waals surface area (Å²) in [5.41, 5.74) is 5.67. The molecule has 4 aromatic rings. The van der Waals surface area contributed by atoms with Gasteiger partial charge in [-0.2, -0.15) is 0 Å². The second-order valence-electron chi connectivity index (χ2n) is 7.61. The molecule has 4 rings (SSSR count). The van der Waals surface area contributed by atoms with Gasteiger partial charge in [0.1, 0.15) is 16.2 Å². The standard InChI is InChI=1S/C26H27N3OS2/c1-4-17-7-11-19(12-8-17)21-15-31-25-23(21)26(28-16-27-25)32-22(6-3)24(30)29-20-13-9-18(5-2)10-14-20/h7-16,22H,4-6H2,1-3H3,(H,29,30). The minimum atomic E-state index is -0.242. The number of rotatable bonds is 8. The molecule has 1 atom stereocenters. The van der Waals surface area contributed by atoms with Crippen LogP contribution in [0.1, 0.15) is 38.3 Å². The van der Waals surface area contributed by atoms with Gasteiger partial charge in [-0.3, -0.25) is 4.79 Å². The Labute approximate surface area is 197 Å². The molecule has 0 aliphatic heterocycles. The fourth-order valence-electron chi connectivity index (χ4n) is 3.57. The Morgan fingerprint density at radius 2 is 1.62 bits per heavy atom. The maximum absolute atomic E-state index is 13.0. The summed E-state index contributed by atoms with van der Waals surface area (Å²) in [6, 6.07) is 16.7. The number of nitrogens with zero attached hydrogens (tertiary/aromatic N) is 2. The number of anilines is 1. The summed E-state index contributed by atoms with van der Waals surface area (Å²) < 4.78 is 0. The Hall–Kier alpha value is -2.70. The lowest BCUT2D eigenvalue weighted by molar-refractivity contribution is -0.115. The Balaban J connectivity index is 1.60. The van der Waals surface area contributed by atoms with Crippen LogP contribution in [-0.4, -0.2) is 21.1 Å². The molecule has 2 heterocycles. The van der Waals surface area contributed by atoms with Gasteiger partial charge < -0.3 is 5.32 Å². The van der Waals surface area contributed by atoms with Gasteiger partial charge in [0.15, 0.2) is 0 Å². The molecule has 2 aromatic heterocycles. The van der Waals surface area contributed by atoms with E-state index in [9.17, 15) is 4.79 Å². The molecule has 0 fully saturated rings. The van der Waals surface area contributed by atoms with Gasteiger partial charge in [-0.25, -0.2) is 9.97 Å². The third-order valence-corrected chi connectivity index (χ3v) is 7.81. The van der Waals surface area contributed by atoms with Crippen molar-refractivity contribution in [1.29, 1.82) is 0 Å². The van der Waals surface area contributed by atoms with E-state index in [1.54, 1.807) is 17.7 Å². The van der Waals surface area contributed by atoms with Gasteiger partial charge in [-0.05, 0) is 48.1 Å². The lowest BCUT2D eigenvalue weighted by atomic mass is 10.0. The van der Waals surface area contributed by atoms with Gasteiger partial charge >= 0.3 is 0 Å². The highest BCUT2D eigenvalue weighted by Gasteiger charge is 2.22. The van der Waals surface area contributed by atoms with Crippen LogP contribution in [0, 0.1) is 0 Å². The second-order valence-corrected chi connectivity index (χ2v) is 9.66. The van der Waals surface area contributed by atoms with Crippen LogP contribution in [0.15, 0.2) is 65.3 Å². The molecular weight excluding hydrogens is 434 g/mol. The average Bonchev–Trinajstić information content (AvgIpc) is 3.28. The second kappa shape index (κ2) is 10.3. The molecule has 164 valence electrons. The van der Waals surface area contributed by atoms with Crippen molar-refractivity contribution < 1.29 is 4.79 Å².